The van der Waals surface area contributed by atoms with E-state index in [1.54, 1.807) is 13.2 Å². The van der Waals surface area contributed by atoms with Gasteiger partial charge in [0.25, 0.3) is 0 Å². The first kappa shape index (κ1) is 21.1. The number of carbonyl (C=O) groups excluding carboxylic acids is 1. The van der Waals surface area contributed by atoms with Crippen LogP contribution in [0.5, 0.6) is 11.6 Å². The van der Waals surface area contributed by atoms with Gasteiger partial charge in [0.2, 0.25) is 11.8 Å². The van der Waals surface area contributed by atoms with Crippen LogP contribution in [0.3, 0.4) is 0 Å². The van der Waals surface area contributed by atoms with Crippen molar-refractivity contribution in [3.63, 3.8) is 0 Å². The summed E-state index contributed by atoms with van der Waals surface area (Å²) in [6, 6.07) is 16.7. The van der Waals surface area contributed by atoms with E-state index >= 15 is 0 Å². The van der Waals surface area contributed by atoms with Gasteiger partial charge in [-0.1, -0.05) is 19.1 Å². The van der Waals surface area contributed by atoms with Crippen LogP contribution in [0.1, 0.15) is 24.7 Å². The summed E-state index contributed by atoms with van der Waals surface area (Å²) < 4.78 is 10.7. The zero-order valence-electron chi connectivity index (χ0n) is 17.4. The van der Waals surface area contributed by atoms with Crippen molar-refractivity contribution in [3.8, 4) is 11.6 Å². The largest absolute Gasteiger partial charge is 0.497 e. The van der Waals surface area contributed by atoms with Gasteiger partial charge in [0.05, 0.1) is 20.1 Å². The molecule has 30 heavy (non-hydrogen) atoms. The number of hydrogen-bond acceptors (Lipinski definition) is 6. The molecule has 3 rings (SSSR count). The second-order valence-corrected chi connectivity index (χ2v) is 6.76. The number of amides is 1. The van der Waals surface area contributed by atoms with E-state index in [1.165, 1.54) is 0 Å². The zero-order chi connectivity index (χ0) is 21.3. The molecule has 0 radical (unpaired) electrons. The molecule has 0 saturated carbocycles. The number of nitrogens with zero attached hydrogens (tertiary/aromatic N) is 2. The molecule has 0 aliphatic carbocycles. The molecule has 1 amide bonds. The Balaban J connectivity index is 1.58. The summed E-state index contributed by atoms with van der Waals surface area (Å²) in [5.74, 6) is 2.53. The summed E-state index contributed by atoms with van der Waals surface area (Å²) in [5.41, 5.74) is 2.50. The van der Waals surface area contributed by atoms with E-state index in [-0.39, 0.29) is 5.91 Å². The molecule has 0 atom stereocenters. The van der Waals surface area contributed by atoms with Gasteiger partial charge in [-0.25, -0.2) is 4.98 Å². The van der Waals surface area contributed by atoms with Crippen LogP contribution in [0.25, 0.3) is 0 Å². The van der Waals surface area contributed by atoms with E-state index < -0.39 is 0 Å². The van der Waals surface area contributed by atoms with Gasteiger partial charge in [-0.3, -0.25) is 4.79 Å². The number of carbonyl (C=O) groups is 1. The Bertz CT molecular complexity index is 973. The summed E-state index contributed by atoms with van der Waals surface area (Å²) >= 11 is 0. The molecular weight excluding hydrogens is 380 g/mol. The molecule has 0 spiro atoms. The van der Waals surface area contributed by atoms with Crippen LogP contribution in [0.4, 0.5) is 17.2 Å². The minimum atomic E-state index is -0.0787. The second-order valence-electron chi connectivity index (χ2n) is 6.76. The molecule has 0 aliphatic heterocycles. The number of nitrogens with one attached hydrogen (secondary N) is 2. The molecular formula is C23H26N4O3. The molecule has 0 bridgehead atoms. The van der Waals surface area contributed by atoms with Crippen LogP contribution in [0.15, 0.2) is 54.6 Å². The SMILES string of the molecule is CCCOc1cc(Nc2ccc(NC(=O)Cc3ccc(OC)cc3)cc2)nc(C)n1. The molecule has 3 aromatic rings. The lowest BCUT2D eigenvalue weighted by Crippen LogP contribution is -2.14. The van der Waals surface area contributed by atoms with Crippen molar-refractivity contribution in [1.29, 1.82) is 0 Å². The summed E-state index contributed by atoms with van der Waals surface area (Å²) in [4.78, 5) is 20.9. The third-order valence-electron chi connectivity index (χ3n) is 4.23. The molecule has 0 unspecified atom stereocenters. The number of benzene rings is 2. The topological polar surface area (TPSA) is 85.4 Å². The fourth-order valence-electron chi connectivity index (χ4n) is 2.80. The smallest absolute Gasteiger partial charge is 0.228 e. The minimum absolute atomic E-state index is 0.0787. The summed E-state index contributed by atoms with van der Waals surface area (Å²) in [5, 5.41) is 6.14. The molecule has 156 valence electrons. The average molecular weight is 406 g/mol. The third kappa shape index (κ3) is 6.20. The number of aryl methyl sites for hydroxylation is 1. The molecule has 7 heteroatoms. The molecule has 0 aliphatic rings. The highest BCUT2D eigenvalue weighted by Crippen LogP contribution is 2.21. The Morgan fingerprint density at radius 3 is 2.37 bits per heavy atom. The van der Waals surface area contributed by atoms with Crippen molar-refractivity contribution in [2.45, 2.75) is 26.7 Å². The molecule has 2 aromatic carbocycles. The molecule has 7 nitrogen and oxygen atoms in total. The van der Waals surface area contributed by atoms with Crippen molar-refractivity contribution >= 4 is 23.1 Å². The van der Waals surface area contributed by atoms with Crippen molar-refractivity contribution in [3.05, 3.63) is 66.0 Å². The maximum Gasteiger partial charge on any atom is 0.228 e. The Kier molecular flexibility index (Phi) is 7.21. The number of methoxy groups -OCH3 is 1. The predicted molar refractivity (Wildman–Crippen MR) is 118 cm³/mol. The standard InChI is InChI=1S/C23H26N4O3/c1-4-13-30-23-15-21(24-16(2)25-23)26-18-7-9-19(10-8-18)27-22(28)14-17-5-11-20(29-3)12-6-17/h5-12,15H,4,13-14H2,1-3H3,(H,27,28)(H,24,25,26). The number of hydrogen-bond donors (Lipinski definition) is 2. The van der Waals surface area contributed by atoms with Crippen molar-refractivity contribution in [2.24, 2.45) is 0 Å². The van der Waals surface area contributed by atoms with Gasteiger partial charge in [-0.2, -0.15) is 4.98 Å². The van der Waals surface area contributed by atoms with Gasteiger partial charge in [-0.05, 0) is 55.3 Å². The maximum absolute atomic E-state index is 12.3. The van der Waals surface area contributed by atoms with Gasteiger partial charge < -0.3 is 20.1 Å². The van der Waals surface area contributed by atoms with Crippen LogP contribution in [0.2, 0.25) is 0 Å². The van der Waals surface area contributed by atoms with Crippen molar-refractivity contribution in [1.82, 2.24) is 9.97 Å². The van der Waals surface area contributed by atoms with Gasteiger partial charge in [0.15, 0.2) is 0 Å². The lowest BCUT2D eigenvalue weighted by Gasteiger charge is -2.10. The van der Waals surface area contributed by atoms with Crippen LogP contribution in [0, 0.1) is 6.92 Å². The monoisotopic (exact) mass is 406 g/mol. The molecule has 0 saturated heterocycles. The molecule has 1 heterocycles. The van der Waals surface area contributed by atoms with Crippen LogP contribution in [-0.4, -0.2) is 29.6 Å². The van der Waals surface area contributed by atoms with Crippen LogP contribution < -0.4 is 20.1 Å². The highest BCUT2D eigenvalue weighted by molar-refractivity contribution is 5.92. The summed E-state index contributed by atoms with van der Waals surface area (Å²) in [6.45, 7) is 4.48. The zero-order valence-corrected chi connectivity index (χ0v) is 17.4. The first-order valence-electron chi connectivity index (χ1n) is 9.84. The normalized spacial score (nSPS) is 10.4. The fourth-order valence-corrected chi connectivity index (χ4v) is 2.80. The third-order valence-corrected chi connectivity index (χ3v) is 4.23. The number of rotatable bonds is 9. The van der Waals surface area contributed by atoms with Crippen LogP contribution >= 0.6 is 0 Å². The van der Waals surface area contributed by atoms with E-state index in [1.807, 2.05) is 62.4 Å². The van der Waals surface area contributed by atoms with Gasteiger partial charge in [0.1, 0.15) is 17.4 Å². The maximum atomic E-state index is 12.3. The fraction of sp³-hybridized carbons (Fsp3) is 0.261. The lowest BCUT2D eigenvalue weighted by atomic mass is 10.1. The predicted octanol–water partition coefficient (Wildman–Crippen LogP) is 4.51. The molecule has 0 fully saturated rings. The summed E-state index contributed by atoms with van der Waals surface area (Å²) in [7, 11) is 1.62. The van der Waals surface area contributed by atoms with Crippen molar-refractivity contribution in [2.75, 3.05) is 24.4 Å². The Hall–Kier alpha value is -3.61. The molecule has 1 aromatic heterocycles. The first-order valence-corrected chi connectivity index (χ1v) is 9.84. The highest BCUT2D eigenvalue weighted by atomic mass is 16.5. The van der Waals surface area contributed by atoms with E-state index in [4.69, 9.17) is 9.47 Å². The second kappa shape index (κ2) is 10.2. The summed E-state index contributed by atoms with van der Waals surface area (Å²) in [6.07, 6.45) is 1.21. The lowest BCUT2D eigenvalue weighted by molar-refractivity contribution is -0.115. The number of aromatic nitrogens is 2. The van der Waals surface area contributed by atoms with E-state index in [2.05, 4.69) is 20.6 Å². The number of anilines is 3. The quantitative estimate of drug-likeness (QED) is 0.544. The van der Waals surface area contributed by atoms with Crippen molar-refractivity contribution < 1.29 is 14.3 Å². The Labute approximate surface area is 176 Å². The minimum Gasteiger partial charge on any atom is -0.497 e. The molecule has 2 N–H and O–H groups in total. The van der Waals surface area contributed by atoms with E-state index in [0.717, 1.165) is 29.1 Å². The van der Waals surface area contributed by atoms with E-state index in [9.17, 15) is 4.79 Å². The first-order chi connectivity index (χ1) is 14.6. The Morgan fingerprint density at radius 1 is 1.00 bits per heavy atom. The van der Waals surface area contributed by atoms with Crippen LogP contribution in [-0.2, 0) is 11.2 Å². The Morgan fingerprint density at radius 2 is 1.70 bits per heavy atom. The van der Waals surface area contributed by atoms with E-state index in [0.29, 0.717) is 30.5 Å². The van der Waals surface area contributed by atoms with Gasteiger partial charge in [0, 0.05) is 17.4 Å². The highest BCUT2D eigenvalue weighted by Gasteiger charge is 2.06. The van der Waals surface area contributed by atoms with Gasteiger partial charge in [-0.15, -0.1) is 0 Å². The van der Waals surface area contributed by atoms with Gasteiger partial charge >= 0.3 is 0 Å². The average Bonchev–Trinajstić information content (AvgIpc) is 2.74. The number of ether oxygens (including phenoxy) is 2.